The number of halogens is 2. The molecule has 0 fully saturated rings. The average Bonchev–Trinajstić information content (AvgIpc) is 3.07. The van der Waals surface area contributed by atoms with Crippen LogP contribution in [0.2, 0.25) is 0 Å². The lowest BCUT2D eigenvalue weighted by molar-refractivity contribution is -0.115. The second kappa shape index (κ2) is 8.75. The molecule has 2 aromatic carbocycles. The smallest absolute Gasteiger partial charge is 0.230 e. The number of methoxy groups -OCH3 is 2. The zero-order valence-corrected chi connectivity index (χ0v) is 16.0. The zero-order valence-electron chi connectivity index (χ0n) is 15.2. The van der Waals surface area contributed by atoms with Gasteiger partial charge in [-0.15, -0.1) is 10.2 Å². The van der Waals surface area contributed by atoms with Crippen molar-refractivity contribution in [2.75, 3.05) is 19.5 Å². The maximum Gasteiger partial charge on any atom is 0.230 e. The molecule has 1 N–H and O–H groups in total. The zero-order chi connectivity index (χ0) is 20.1. The molecule has 9 heteroatoms. The van der Waals surface area contributed by atoms with Crippen LogP contribution < -0.4 is 14.8 Å². The fraction of sp³-hybridized carbons (Fsp3) is 0.211. The monoisotopic (exact) mass is 405 g/mol. The number of anilines is 1. The number of hydrogen-bond acceptors (Lipinski definition) is 6. The molecule has 0 unspecified atom stereocenters. The number of hydrogen-bond donors (Lipinski definition) is 1. The molecule has 3 rings (SSSR count). The molecule has 1 aromatic heterocycles. The maximum atomic E-state index is 13.2. The Morgan fingerprint density at radius 1 is 1.00 bits per heavy atom. The Balaban J connectivity index is 1.63. The van der Waals surface area contributed by atoms with Crippen molar-refractivity contribution in [3.8, 4) is 11.5 Å². The number of nitrogens with one attached hydrogen (secondary N) is 1. The van der Waals surface area contributed by atoms with E-state index in [9.17, 15) is 13.6 Å². The summed E-state index contributed by atoms with van der Waals surface area (Å²) in [6.07, 6.45) is 0.336. The minimum absolute atomic E-state index is 0.167. The van der Waals surface area contributed by atoms with Crippen LogP contribution >= 0.6 is 11.3 Å². The van der Waals surface area contributed by atoms with Crippen molar-refractivity contribution in [3.63, 3.8) is 0 Å². The van der Waals surface area contributed by atoms with E-state index < -0.39 is 17.5 Å². The number of carbonyl (C=O) groups is 1. The van der Waals surface area contributed by atoms with Crippen molar-refractivity contribution < 1.29 is 23.0 Å². The highest BCUT2D eigenvalue weighted by Gasteiger charge is 2.12. The molecule has 0 bridgehead atoms. The minimum Gasteiger partial charge on any atom is -0.493 e. The fourth-order valence-corrected chi connectivity index (χ4v) is 3.39. The molecule has 28 heavy (non-hydrogen) atoms. The first-order chi connectivity index (χ1) is 13.5. The van der Waals surface area contributed by atoms with Gasteiger partial charge in [-0.2, -0.15) is 0 Å². The minimum atomic E-state index is -0.726. The lowest BCUT2D eigenvalue weighted by Crippen LogP contribution is -2.14. The average molecular weight is 405 g/mol. The lowest BCUT2D eigenvalue weighted by Gasteiger charge is -2.08. The molecule has 0 aliphatic heterocycles. The van der Waals surface area contributed by atoms with Crippen LogP contribution in [0.15, 0.2) is 36.4 Å². The quantitative estimate of drug-likeness (QED) is 0.650. The van der Waals surface area contributed by atoms with E-state index in [1.165, 1.54) is 11.3 Å². The molecular weight excluding hydrogens is 388 g/mol. The molecule has 146 valence electrons. The number of benzene rings is 2. The SMILES string of the molecule is COc1ccc(Cc2nnc(NC(=O)Cc3cc(F)cc(F)c3)s2)cc1OC. The molecule has 1 heterocycles. The summed E-state index contributed by atoms with van der Waals surface area (Å²) in [6.45, 7) is 0. The van der Waals surface area contributed by atoms with Crippen LogP contribution in [0.25, 0.3) is 0 Å². The van der Waals surface area contributed by atoms with Crippen molar-refractivity contribution in [1.82, 2.24) is 10.2 Å². The van der Waals surface area contributed by atoms with Gasteiger partial charge in [0.25, 0.3) is 0 Å². The first-order valence-electron chi connectivity index (χ1n) is 8.25. The Morgan fingerprint density at radius 2 is 1.71 bits per heavy atom. The fourth-order valence-electron chi connectivity index (χ4n) is 2.60. The standard InChI is InChI=1S/C19H17F2N3O3S/c1-26-15-4-3-11(7-16(15)27-2)9-18-23-24-19(28-18)22-17(25)8-12-5-13(20)10-14(21)6-12/h3-7,10H,8-9H2,1-2H3,(H,22,24,25). The summed E-state index contributed by atoms with van der Waals surface area (Å²) in [5.74, 6) is -0.642. The maximum absolute atomic E-state index is 13.2. The van der Waals surface area contributed by atoms with E-state index in [4.69, 9.17) is 9.47 Å². The summed E-state index contributed by atoms with van der Waals surface area (Å²) in [5.41, 5.74) is 1.19. The predicted octanol–water partition coefficient (Wildman–Crippen LogP) is 3.61. The molecule has 0 atom stereocenters. The van der Waals surface area contributed by atoms with Gasteiger partial charge in [0.2, 0.25) is 11.0 Å². The number of amides is 1. The highest BCUT2D eigenvalue weighted by Crippen LogP contribution is 2.29. The van der Waals surface area contributed by atoms with E-state index in [1.807, 2.05) is 12.1 Å². The van der Waals surface area contributed by atoms with Crippen LogP contribution in [0, 0.1) is 11.6 Å². The lowest BCUT2D eigenvalue weighted by atomic mass is 10.1. The van der Waals surface area contributed by atoms with Gasteiger partial charge in [-0.25, -0.2) is 8.78 Å². The Labute approximate surface area is 164 Å². The predicted molar refractivity (Wildman–Crippen MR) is 101 cm³/mol. The van der Waals surface area contributed by atoms with Gasteiger partial charge in [0, 0.05) is 12.5 Å². The highest BCUT2D eigenvalue weighted by molar-refractivity contribution is 7.15. The van der Waals surface area contributed by atoms with E-state index >= 15 is 0 Å². The molecule has 3 aromatic rings. The Hall–Kier alpha value is -3.07. The second-order valence-electron chi connectivity index (χ2n) is 5.87. The summed E-state index contributed by atoms with van der Waals surface area (Å²) in [6, 6.07) is 8.52. The topological polar surface area (TPSA) is 73.3 Å². The van der Waals surface area contributed by atoms with Crippen molar-refractivity contribution in [1.29, 1.82) is 0 Å². The Kier molecular flexibility index (Phi) is 6.15. The largest absolute Gasteiger partial charge is 0.493 e. The third-order valence-electron chi connectivity index (χ3n) is 3.80. The van der Waals surface area contributed by atoms with Gasteiger partial charge in [0.15, 0.2) is 11.5 Å². The van der Waals surface area contributed by atoms with E-state index in [2.05, 4.69) is 15.5 Å². The summed E-state index contributed by atoms with van der Waals surface area (Å²) in [5, 5.41) is 11.6. The summed E-state index contributed by atoms with van der Waals surface area (Å²) in [4.78, 5) is 12.1. The number of ether oxygens (including phenoxy) is 2. The van der Waals surface area contributed by atoms with Crippen molar-refractivity contribution >= 4 is 22.4 Å². The number of carbonyl (C=O) groups excluding carboxylic acids is 1. The van der Waals surface area contributed by atoms with E-state index in [0.29, 0.717) is 28.1 Å². The number of aromatic nitrogens is 2. The summed E-state index contributed by atoms with van der Waals surface area (Å²) >= 11 is 1.22. The third kappa shape index (κ3) is 5.01. The molecule has 0 aliphatic carbocycles. The van der Waals surface area contributed by atoms with Gasteiger partial charge in [0.1, 0.15) is 16.6 Å². The van der Waals surface area contributed by atoms with Crippen LogP contribution in [0.3, 0.4) is 0 Å². The van der Waals surface area contributed by atoms with E-state index in [-0.39, 0.29) is 12.0 Å². The first kappa shape index (κ1) is 19.7. The second-order valence-corrected chi connectivity index (χ2v) is 6.93. The molecule has 1 amide bonds. The van der Waals surface area contributed by atoms with Crippen molar-refractivity contribution in [2.24, 2.45) is 0 Å². The number of rotatable bonds is 7. The van der Waals surface area contributed by atoms with Gasteiger partial charge in [-0.05, 0) is 35.4 Å². The van der Waals surface area contributed by atoms with Crippen molar-refractivity contribution in [2.45, 2.75) is 12.8 Å². The molecule has 0 saturated carbocycles. The Morgan fingerprint density at radius 3 is 2.39 bits per heavy atom. The van der Waals surface area contributed by atoms with Crippen LogP contribution in [0.5, 0.6) is 11.5 Å². The van der Waals surface area contributed by atoms with Gasteiger partial charge >= 0.3 is 0 Å². The van der Waals surface area contributed by atoms with Crippen molar-refractivity contribution in [3.05, 3.63) is 64.2 Å². The molecular formula is C19H17F2N3O3S. The van der Waals surface area contributed by atoms with Crippen LogP contribution in [-0.4, -0.2) is 30.3 Å². The molecule has 0 aliphatic rings. The van der Waals surface area contributed by atoms with Gasteiger partial charge in [-0.1, -0.05) is 17.4 Å². The van der Waals surface area contributed by atoms with E-state index in [1.54, 1.807) is 20.3 Å². The molecule has 0 radical (unpaired) electrons. The number of nitrogens with zero attached hydrogens (tertiary/aromatic N) is 2. The third-order valence-corrected chi connectivity index (χ3v) is 4.64. The summed E-state index contributed by atoms with van der Waals surface area (Å²) < 4.78 is 36.9. The Bertz CT molecular complexity index is 974. The molecule has 0 saturated heterocycles. The van der Waals surface area contributed by atoms with Gasteiger partial charge < -0.3 is 14.8 Å². The van der Waals surface area contributed by atoms with Crippen LogP contribution in [0.1, 0.15) is 16.1 Å². The van der Waals surface area contributed by atoms with Gasteiger partial charge in [0.05, 0.1) is 20.6 Å². The highest BCUT2D eigenvalue weighted by atomic mass is 32.1. The van der Waals surface area contributed by atoms with E-state index in [0.717, 1.165) is 23.8 Å². The summed E-state index contributed by atoms with van der Waals surface area (Å²) in [7, 11) is 3.13. The molecule has 6 nitrogen and oxygen atoms in total. The normalized spacial score (nSPS) is 10.6. The molecule has 0 spiro atoms. The first-order valence-corrected chi connectivity index (χ1v) is 9.06. The van der Waals surface area contributed by atoms with Crippen LogP contribution in [0.4, 0.5) is 13.9 Å². The van der Waals surface area contributed by atoms with Gasteiger partial charge in [-0.3, -0.25) is 4.79 Å². The van der Waals surface area contributed by atoms with Crippen LogP contribution in [-0.2, 0) is 17.6 Å².